The number of imidazole rings is 1. The summed E-state index contributed by atoms with van der Waals surface area (Å²) in [4.78, 5) is 153. The smallest absolute Gasteiger partial charge is 0.247 e. The summed E-state index contributed by atoms with van der Waals surface area (Å²) in [5, 5.41) is 26.7. The Morgan fingerprint density at radius 1 is 0.273 bits per heavy atom. The number of pyridine rings is 9. The maximum atomic E-state index is 12.6. The normalized spacial score (nSPS) is 10.9. The van der Waals surface area contributed by atoms with Gasteiger partial charge in [0.15, 0.2) is 22.6 Å². The average Bonchev–Trinajstić information content (AvgIpc) is 1.61. The zero-order chi connectivity index (χ0) is 87.7. The molecule has 20 heterocycles. The third kappa shape index (κ3) is 19.7. The first-order valence-electron chi connectivity index (χ1n) is 39.3. The second kappa shape index (κ2) is 38.2. The molecule has 0 atom stereocenters. The summed E-state index contributed by atoms with van der Waals surface area (Å²) in [6.45, 7) is 7.76. The van der Waals surface area contributed by atoms with E-state index in [4.69, 9.17) is 0 Å². The molecule has 0 radical (unpaired) electrons. The molecule has 0 aliphatic heterocycles. The fourth-order valence-electron chi connectivity index (χ4n) is 13.4. The number of aromatic nitrogens is 31. The zero-order valence-corrected chi connectivity index (χ0v) is 68.3. The lowest BCUT2D eigenvalue weighted by atomic mass is 10.0. The second-order valence-electron chi connectivity index (χ2n) is 28.2. The number of hydrogen-bond acceptors (Lipinski definition) is 31. The minimum Gasteiger partial charge on any atom is -0.323 e. The molecule has 0 aliphatic carbocycles. The maximum Gasteiger partial charge on any atom is 0.247 e. The van der Waals surface area contributed by atoms with E-state index < -0.39 is 0 Å². The fraction of sp³-hybridized carbons (Fsp3) is 0.0899. The van der Waals surface area contributed by atoms with Crippen molar-refractivity contribution in [3.8, 4) is 90.2 Å². The average molecular weight is 1690 g/mol. The summed E-state index contributed by atoms with van der Waals surface area (Å²) in [5.74, 6) is -0.116. The number of anilines is 4. The third-order valence-corrected chi connectivity index (χ3v) is 19.2. The molecule has 0 fully saturated rings. The number of aryl methyl sites for hydroxylation is 4. The SMILES string of the molecule is Cc1cc(-c2ccnc3c2cnn3CC(=O)Nc2ccc(-c3cnccn3)nc2)ccn1.Cc1cc(-c2ncnc3c2cnn3CC(=O)Nc2ccc(-c3cnccn3)cn2)ccn1.Cc1cc(-c2ncnc3c2cnn3CC(=O)Nc2ccc(-c3cnccn3)nc2)ccn1.Cc1cc(-c2ncnc3c2ncn3CC(=O)Nc2ccc(-c3cnccn3)cn2)ccn1. The molecule has 20 rings (SSSR count). The van der Waals surface area contributed by atoms with Crippen molar-refractivity contribution in [1.29, 1.82) is 0 Å². The summed E-state index contributed by atoms with van der Waals surface area (Å²) in [6.07, 6.45) is 45.7. The molecule has 0 saturated heterocycles. The predicted octanol–water partition coefficient (Wildman–Crippen LogP) is 11.4. The van der Waals surface area contributed by atoms with E-state index >= 15 is 0 Å². The molecule has 39 nitrogen and oxygen atoms in total. The largest absolute Gasteiger partial charge is 0.323 e. The molecule has 0 saturated carbocycles. The Morgan fingerprint density at radius 2 is 0.664 bits per heavy atom. The molecule has 0 spiro atoms. The van der Waals surface area contributed by atoms with Gasteiger partial charge in [-0.2, -0.15) is 15.3 Å². The summed E-state index contributed by atoms with van der Waals surface area (Å²) in [6, 6.07) is 31.6. The molecule has 128 heavy (non-hydrogen) atoms. The van der Waals surface area contributed by atoms with Crippen molar-refractivity contribution in [1.82, 2.24) is 154 Å². The highest BCUT2D eigenvalue weighted by Gasteiger charge is 2.21. The standard InChI is InChI=1S/C23H18N8O.3C22H17N9O/c1-15-10-16(4-6-25-15)18-5-7-27-23-19(18)12-29-31(23)14-22(32)30-17-2-3-20(28-11-17)21-13-24-8-9-26-21;1-14-8-15(4-5-24-14)21-17-10-29-31(22(17)28-13-27-21)12-20(32)30-19-3-2-16(9-26-19)18-11-23-6-7-25-18;1-14-8-15(4-5-24-14)21-17-10-29-31(22(17)28-13-27-21)12-20(32)30-16-2-3-18(26-9-16)19-11-23-6-7-25-19;1-14-8-15(4-5-24-14)20-21-22(28-12-27-20)31(13-29-21)11-19(32)30-18-3-2-16(9-26-18)17-10-23-6-7-25-17/h2-13H,14H2,1H3,(H,30,32);2-11,13H,12H2,1H3,(H,26,30,32);2-11,13H,12H2,1H3,(H,30,32);2-10,12-13H,11H2,1H3,(H,26,30,32). The summed E-state index contributed by atoms with van der Waals surface area (Å²) < 4.78 is 6.35. The number of nitrogens with zero attached hydrogens (tertiary/aromatic N) is 31. The van der Waals surface area contributed by atoms with Crippen LogP contribution in [0.5, 0.6) is 0 Å². The van der Waals surface area contributed by atoms with Crippen LogP contribution in [0.2, 0.25) is 0 Å². The van der Waals surface area contributed by atoms with Crippen molar-refractivity contribution >= 4 is 90.9 Å². The molecule has 39 heteroatoms. The van der Waals surface area contributed by atoms with Gasteiger partial charge in [-0.15, -0.1) is 0 Å². The van der Waals surface area contributed by atoms with E-state index in [1.807, 2.05) is 94.4 Å². The molecule has 4 amide bonds. The number of nitrogens with one attached hydrogen (secondary N) is 4. The topological polar surface area (TPSA) is 484 Å². The van der Waals surface area contributed by atoms with Gasteiger partial charge in [-0.25, -0.2) is 63.9 Å². The maximum absolute atomic E-state index is 12.6. The molecule has 624 valence electrons. The number of amides is 4. The Kier molecular flexibility index (Phi) is 24.5. The van der Waals surface area contributed by atoms with E-state index in [-0.39, 0.29) is 49.8 Å². The summed E-state index contributed by atoms with van der Waals surface area (Å²) in [7, 11) is 0. The van der Waals surface area contributed by atoms with E-state index in [9.17, 15) is 19.2 Å². The Labute approximate surface area is 725 Å². The van der Waals surface area contributed by atoms with Crippen molar-refractivity contribution in [2.24, 2.45) is 0 Å². The van der Waals surface area contributed by atoms with Gasteiger partial charge in [-0.05, 0) is 142 Å². The quantitative estimate of drug-likeness (QED) is 0.0550. The van der Waals surface area contributed by atoms with Gasteiger partial charge in [0.25, 0.3) is 0 Å². The molecular formula is C89H69N35O4. The van der Waals surface area contributed by atoms with Crippen molar-refractivity contribution in [2.75, 3.05) is 21.3 Å². The molecule has 4 N–H and O–H groups in total. The van der Waals surface area contributed by atoms with Gasteiger partial charge in [0.1, 0.15) is 79.4 Å². The van der Waals surface area contributed by atoms with Crippen LogP contribution in [-0.2, 0) is 45.4 Å². The number of rotatable bonds is 20. The number of carbonyl (C=O) groups is 4. The summed E-state index contributed by atoms with van der Waals surface area (Å²) >= 11 is 0. The molecule has 0 aliphatic rings. The minimum absolute atomic E-state index is 0.00123. The van der Waals surface area contributed by atoms with Crippen molar-refractivity contribution < 1.29 is 19.2 Å². The third-order valence-electron chi connectivity index (χ3n) is 19.2. The van der Waals surface area contributed by atoms with Crippen LogP contribution in [0, 0.1) is 27.7 Å². The summed E-state index contributed by atoms with van der Waals surface area (Å²) in [5.41, 5.74) is 20.4. The molecule has 0 bridgehead atoms. The highest BCUT2D eigenvalue weighted by molar-refractivity contribution is 5.98. The van der Waals surface area contributed by atoms with Crippen LogP contribution in [0.3, 0.4) is 0 Å². The lowest BCUT2D eigenvalue weighted by Gasteiger charge is -2.07. The highest BCUT2D eigenvalue weighted by atomic mass is 16.2. The first-order chi connectivity index (χ1) is 62.7. The van der Waals surface area contributed by atoms with Crippen LogP contribution in [0.4, 0.5) is 23.0 Å². The Morgan fingerprint density at radius 3 is 1.09 bits per heavy atom. The van der Waals surface area contributed by atoms with Crippen LogP contribution in [0.1, 0.15) is 22.8 Å². The lowest BCUT2D eigenvalue weighted by Crippen LogP contribution is -2.20. The van der Waals surface area contributed by atoms with Crippen molar-refractivity contribution in [3.63, 3.8) is 0 Å². The predicted molar refractivity (Wildman–Crippen MR) is 471 cm³/mol. The molecule has 0 unspecified atom stereocenters. The van der Waals surface area contributed by atoms with Gasteiger partial charge in [0, 0.05) is 149 Å². The minimum atomic E-state index is -0.269. The van der Waals surface area contributed by atoms with E-state index in [0.29, 0.717) is 91.0 Å². The Hall–Kier alpha value is -18.3. The lowest BCUT2D eigenvalue weighted by molar-refractivity contribution is -0.117. The Balaban J connectivity index is 0.000000120. The van der Waals surface area contributed by atoms with E-state index in [1.165, 1.54) is 23.7 Å². The first kappa shape index (κ1) is 82.0. The van der Waals surface area contributed by atoms with Gasteiger partial charge >= 0.3 is 0 Å². The molecular weight excluding hydrogens is 1620 g/mol. The Bertz CT molecular complexity index is 6470. The first-order valence-corrected chi connectivity index (χ1v) is 39.3. The second-order valence-corrected chi connectivity index (χ2v) is 28.2. The molecule has 20 aromatic heterocycles. The van der Waals surface area contributed by atoms with Crippen LogP contribution >= 0.6 is 0 Å². The molecule has 0 aromatic carbocycles. The van der Waals surface area contributed by atoms with E-state index in [1.54, 1.807) is 205 Å². The number of carbonyl (C=O) groups excluding carboxylic acids is 4. The van der Waals surface area contributed by atoms with Gasteiger partial charge in [0.05, 0.1) is 118 Å². The van der Waals surface area contributed by atoms with Crippen LogP contribution < -0.4 is 21.3 Å². The number of fused-ring (bicyclic) bond motifs is 4. The van der Waals surface area contributed by atoms with Gasteiger partial charge < -0.3 is 25.8 Å². The number of hydrogen-bond donors (Lipinski definition) is 4. The molecule has 20 aromatic rings. The van der Waals surface area contributed by atoms with Gasteiger partial charge in [0.2, 0.25) is 23.6 Å². The fourth-order valence-corrected chi connectivity index (χ4v) is 13.4. The van der Waals surface area contributed by atoms with E-state index in [0.717, 1.165) is 89.3 Å². The van der Waals surface area contributed by atoms with Gasteiger partial charge in [-0.1, -0.05) is 0 Å². The van der Waals surface area contributed by atoms with Crippen molar-refractivity contribution in [3.05, 3.63) is 300 Å². The van der Waals surface area contributed by atoms with Crippen LogP contribution in [-0.4, -0.2) is 177 Å². The van der Waals surface area contributed by atoms with Gasteiger partial charge in [-0.3, -0.25) is 89.0 Å². The van der Waals surface area contributed by atoms with Crippen LogP contribution in [0.15, 0.2) is 277 Å². The van der Waals surface area contributed by atoms with Crippen LogP contribution in [0.25, 0.3) is 134 Å². The highest BCUT2D eigenvalue weighted by Crippen LogP contribution is 2.32. The van der Waals surface area contributed by atoms with Crippen molar-refractivity contribution in [2.45, 2.75) is 53.9 Å². The zero-order valence-electron chi connectivity index (χ0n) is 68.3. The monoisotopic (exact) mass is 1690 g/mol. The van der Waals surface area contributed by atoms with E-state index in [2.05, 4.69) is 156 Å².